The third-order valence-electron chi connectivity index (χ3n) is 3.91. The van der Waals surface area contributed by atoms with Crippen LogP contribution in [0.25, 0.3) is 6.08 Å². The number of carbonyl (C=O) groups is 1. The molecule has 0 aliphatic rings. The van der Waals surface area contributed by atoms with E-state index in [4.69, 9.17) is 0 Å². The molecule has 0 atom stereocenters. The number of ketones is 1. The van der Waals surface area contributed by atoms with Crippen LogP contribution >= 0.6 is 0 Å². The van der Waals surface area contributed by atoms with Gasteiger partial charge in [-0.2, -0.15) is 0 Å². The van der Waals surface area contributed by atoms with Crippen LogP contribution in [0.5, 0.6) is 11.5 Å². The average Bonchev–Trinajstić information content (AvgIpc) is 2.67. The molecule has 0 heterocycles. The van der Waals surface area contributed by atoms with Gasteiger partial charge in [0.25, 0.3) is 10.0 Å². The smallest absolute Gasteiger partial charge is 0.265 e. The van der Waals surface area contributed by atoms with Crippen molar-refractivity contribution in [3.8, 4) is 11.5 Å². The third kappa shape index (κ3) is 4.39. The number of anilines is 1. The fraction of sp³-hybridized carbons (Fsp3) is 0. The highest BCUT2D eigenvalue weighted by Gasteiger charge is 2.20. The van der Waals surface area contributed by atoms with Crippen molar-refractivity contribution in [2.45, 2.75) is 4.90 Å². The lowest BCUT2D eigenvalue weighted by atomic mass is 10.1. The first kappa shape index (κ1) is 19.2. The standard InChI is InChI=1S/C21H17NO5S/c23-16-12-9-15(10-13-16)11-14-19(24)17-5-1-2-6-18(17)22-28(26,27)21-8-4-3-7-20(21)25/h1-14,22-23,25H/b14-11+. The van der Waals surface area contributed by atoms with Gasteiger partial charge in [-0.1, -0.05) is 42.5 Å². The summed E-state index contributed by atoms with van der Waals surface area (Å²) < 4.78 is 27.5. The van der Waals surface area contributed by atoms with E-state index in [1.54, 1.807) is 30.3 Å². The molecule has 0 fully saturated rings. The molecule has 3 aromatic rings. The SMILES string of the molecule is O=C(/C=C/c1ccc(O)cc1)c1ccccc1NS(=O)(=O)c1ccccc1O. The molecule has 0 aliphatic carbocycles. The Balaban J connectivity index is 1.88. The number of aromatic hydroxyl groups is 2. The van der Waals surface area contributed by atoms with E-state index in [-0.39, 0.29) is 27.6 Å². The van der Waals surface area contributed by atoms with Gasteiger partial charge in [0, 0.05) is 5.56 Å². The lowest BCUT2D eigenvalue weighted by Crippen LogP contribution is -2.15. The zero-order valence-electron chi connectivity index (χ0n) is 14.6. The van der Waals surface area contributed by atoms with Crippen molar-refractivity contribution in [2.24, 2.45) is 0 Å². The third-order valence-corrected chi connectivity index (χ3v) is 5.32. The largest absolute Gasteiger partial charge is 0.508 e. The van der Waals surface area contributed by atoms with Gasteiger partial charge in [0.05, 0.1) is 5.69 Å². The number of benzene rings is 3. The number of sulfonamides is 1. The van der Waals surface area contributed by atoms with E-state index >= 15 is 0 Å². The molecule has 0 unspecified atom stereocenters. The van der Waals surface area contributed by atoms with Gasteiger partial charge in [0.15, 0.2) is 5.78 Å². The molecule has 0 aromatic heterocycles. The molecule has 0 radical (unpaired) electrons. The van der Waals surface area contributed by atoms with Gasteiger partial charge >= 0.3 is 0 Å². The molecule has 0 spiro atoms. The summed E-state index contributed by atoms with van der Waals surface area (Å²) in [6.07, 6.45) is 2.88. The first-order chi connectivity index (χ1) is 13.4. The predicted octanol–water partition coefficient (Wildman–Crippen LogP) is 3.79. The van der Waals surface area contributed by atoms with E-state index in [9.17, 15) is 23.4 Å². The highest BCUT2D eigenvalue weighted by Crippen LogP contribution is 2.26. The van der Waals surface area contributed by atoms with E-state index < -0.39 is 15.8 Å². The maximum Gasteiger partial charge on any atom is 0.265 e. The molecule has 0 saturated heterocycles. The molecular formula is C21H17NO5S. The summed E-state index contributed by atoms with van der Waals surface area (Å²) in [4.78, 5) is 12.3. The minimum absolute atomic E-state index is 0.103. The summed E-state index contributed by atoms with van der Waals surface area (Å²) in [6.45, 7) is 0. The number of hydrogen-bond acceptors (Lipinski definition) is 5. The number of nitrogens with one attached hydrogen (secondary N) is 1. The molecule has 0 saturated carbocycles. The van der Waals surface area contributed by atoms with Gasteiger partial charge in [0.2, 0.25) is 0 Å². The van der Waals surface area contributed by atoms with E-state index in [0.717, 1.165) is 0 Å². The van der Waals surface area contributed by atoms with Gasteiger partial charge < -0.3 is 10.2 Å². The summed E-state index contributed by atoms with van der Waals surface area (Å²) in [5.74, 6) is -0.665. The minimum atomic E-state index is -4.08. The highest BCUT2D eigenvalue weighted by atomic mass is 32.2. The number of phenols is 2. The Labute approximate surface area is 162 Å². The summed E-state index contributed by atoms with van der Waals surface area (Å²) in [5, 5.41) is 19.1. The number of hydrogen-bond donors (Lipinski definition) is 3. The van der Waals surface area contributed by atoms with Gasteiger partial charge in [-0.05, 0) is 48.0 Å². The summed E-state index contributed by atoms with van der Waals surface area (Å²) in [6, 6.07) is 18.0. The zero-order chi connectivity index (χ0) is 20.1. The Morgan fingerprint density at radius 1 is 0.857 bits per heavy atom. The molecule has 3 N–H and O–H groups in total. The Morgan fingerprint density at radius 2 is 1.50 bits per heavy atom. The monoisotopic (exact) mass is 395 g/mol. The van der Waals surface area contributed by atoms with Crippen molar-refractivity contribution in [2.75, 3.05) is 4.72 Å². The average molecular weight is 395 g/mol. The van der Waals surface area contributed by atoms with Crippen LogP contribution in [-0.2, 0) is 10.0 Å². The Bertz CT molecular complexity index is 1140. The molecule has 0 amide bonds. The fourth-order valence-corrected chi connectivity index (χ4v) is 3.70. The number of rotatable bonds is 6. The van der Waals surface area contributed by atoms with E-state index in [1.807, 2.05) is 0 Å². The number of allylic oxidation sites excluding steroid dienone is 1. The molecular weight excluding hydrogens is 378 g/mol. The van der Waals surface area contributed by atoms with Crippen LogP contribution in [0.1, 0.15) is 15.9 Å². The maximum absolute atomic E-state index is 12.6. The van der Waals surface area contributed by atoms with Crippen molar-refractivity contribution < 1.29 is 23.4 Å². The molecule has 3 rings (SSSR count). The van der Waals surface area contributed by atoms with Gasteiger partial charge in [-0.3, -0.25) is 9.52 Å². The Morgan fingerprint density at radius 3 is 2.21 bits per heavy atom. The second kappa shape index (κ2) is 7.98. The number of phenolic OH excluding ortho intramolecular Hbond substituents is 2. The van der Waals surface area contributed by atoms with Crippen LogP contribution in [0.15, 0.2) is 83.8 Å². The topological polar surface area (TPSA) is 104 Å². The molecule has 142 valence electrons. The predicted molar refractivity (Wildman–Crippen MR) is 107 cm³/mol. The van der Waals surface area contributed by atoms with Crippen LogP contribution < -0.4 is 4.72 Å². The summed E-state index contributed by atoms with van der Waals surface area (Å²) in [5.41, 5.74) is 0.973. The molecule has 0 aliphatic heterocycles. The van der Waals surface area contributed by atoms with Crippen LogP contribution in [0.3, 0.4) is 0 Å². The zero-order valence-corrected chi connectivity index (χ0v) is 15.4. The van der Waals surface area contributed by atoms with Crippen molar-refractivity contribution >= 4 is 27.6 Å². The summed E-state index contributed by atoms with van der Waals surface area (Å²) in [7, 11) is -4.08. The van der Waals surface area contributed by atoms with Crippen molar-refractivity contribution in [1.29, 1.82) is 0 Å². The molecule has 3 aromatic carbocycles. The minimum Gasteiger partial charge on any atom is -0.508 e. The first-order valence-corrected chi connectivity index (χ1v) is 9.76. The molecule has 7 heteroatoms. The maximum atomic E-state index is 12.6. The van der Waals surface area contributed by atoms with Crippen molar-refractivity contribution in [3.63, 3.8) is 0 Å². The van der Waals surface area contributed by atoms with Crippen molar-refractivity contribution in [3.05, 3.63) is 90.0 Å². The highest BCUT2D eigenvalue weighted by molar-refractivity contribution is 7.92. The van der Waals surface area contributed by atoms with Crippen molar-refractivity contribution in [1.82, 2.24) is 0 Å². The normalized spacial score (nSPS) is 11.4. The molecule has 6 nitrogen and oxygen atoms in total. The fourth-order valence-electron chi connectivity index (χ4n) is 2.52. The van der Waals surface area contributed by atoms with Crippen LogP contribution in [-0.4, -0.2) is 24.4 Å². The van der Waals surface area contributed by atoms with E-state index in [0.29, 0.717) is 5.56 Å². The quantitative estimate of drug-likeness (QED) is 0.435. The Hall–Kier alpha value is -3.58. The Kier molecular flexibility index (Phi) is 5.47. The van der Waals surface area contributed by atoms with E-state index in [2.05, 4.69) is 4.72 Å². The number of para-hydroxylation sites is 2. The van der Waals surface area contributed by atoms with Gasteiger partial charge in [0.1, 0.15) is 16.4 Å². The van der Waals surface area contributed by atoms with Gasteiger partial charge in [-0.15, -0.1) is 0 Å². The summed E-state index contributed by atoms with van der Waals surface area (Å²) >= 11 is 0. The molecule has 0 bridgehead atoms. The van der Waals surface area contributed by atoms with Crippen LogP contribution in [0.4, 0.5) is 5.69 Å². The van der Waals surface area contributed by atoms with E-state index in [1.165, 1.54) is 54.6 Å². The van der Waals surface area contributed by atoms with Crippen LogP contribution in [0, 0.1) is 0 Å². The molecule has 28 heavy (non-hydrogen) atoms. The van der Waals surface area contributed by atoms with Gasteiger partial charge in [-0.25, -0.2) is 8.42 Å². The lowest BCUT2D eigenvalue weighted by Gasteiger charge is -2.12. The lowest BCUT2D eigenvalue weighted by molar-refractivity contribution is 0.104. The van der Waals surface area contributed by atoms with Crippen LogP contribution in [0.2, 0.25) is 0 Å². The first-order valence-electron chi connectivity index (χ1n) is 8.28. The second-order valence-corrected chi connectivity index (χ2v) is 7.56. The number of carbonyl (C=O) groups excluding carboxylic acids is 1. The second-order valence-electron chi connectivity index (χ2n) is 5.91.